The van der Waals surface area contributed by atoms with Crippen LogP contribution in [-0.2, 0) is 0 Å². The van der Waals surface area contributed by atoms with Crippen LogP contribution in [0.15, 0.2) is 35.4 Å². The van der Waals surface area contributed by atoms with E-state index in [4.69, 9.17) is 0 Å². The average Bonchev–Trinajstić information content (AvgIpc) is 3.22. The maximum absolute atomic E-state index is 2.53. The lowest BCUT2D eigenvalue weighted by Crippen LogP contribution is -2.09. The molecule has 0 amide bonds. The minimum atomic E-state index is 0.515. The largest absolute Gasteiger partial charge is 0.0652 e. The Kier molecular flexibility index (Phi) is 6.51. The quantitative estimate of drug-likeness (QED) is 0.419. The van der Waals surface area contributed by atoms with Gasteiger partial charge in [0.2, 0.25) is 0 Å². The molecule has 0 heteroatoms. The van der Waals surface area contributed by atoms with Crippen LogP contribution in [0.25, 0.3) is 12.2 Å². The van der Waals surface area contributed by atoms with Gasteiger partial charge in [0.05, 0.1) is 0 Å². The average molecular weight is 441 g/mol. The Hall–Kier alpha value is -2.08. The van der Waals surface area contributed by atoms with Crippen LogP contribution in [0.1, 0.15) is 156 Å². The van der Waals surface area contributed by atoms with Crippen molar-refractivity contribution in [3.05, 3.63) is 79.9 Å². The molecule has 0 bridgehead atoms. The molecule has 0 N–H and O–H groups in total. The zero-order chi connectivity index (χ0) is 24.2. The second-order valence-corrected chi connectivity index (χ2v) is 12.0. The molecule has 0 aromatic heterocycles. The van der Waals surface area contributed by atoms with E-state index in [1.807, 2.05) is 0 Å². The fourth-order valence-electron chi connectivity index (χ4n) is 5.99. The van der Waals surface area contributed by atoms with Gasteiger partial charge in [-0.05, 0) is 88.4 Å². The molecule has 2 atom stereocenters. The Morgan fingerprint density at radius 2 is 0.909 bits per heavy atom. The molecule has 0 heterocycles. The summed E-state index contributed by atoms with van der Waals surface area (Å²) in [7, 11) is 0. The molecule has 2 aliphatic rings. The molecular formula is C33H44. The van der Waals surface area contributed by atoms with Crippen LogP contribution in [-0.4, -0.2) is 0 Å². The van der Waals surface area contributed by atoms with Crippen molar-refractivity contribution in [1.29, 1.82) is 0 Å². The van der Waals surface area contributed by atoms with E-state index in [-0.39, 0.29) is 0 Å². The van der Waals surface area contributed by atoms with Gasteiger partial charge in [0.1, 0.15) is 0 Å². The smallest absolute Gasteiger partial charge is 0.00637 e. The molecule has 2 aromatic rings. The molecule has 2 aromatic carbocycles. The molecule has 0 spiro atoms. The van der Waals surface area contributed by atoms with E-state index in [1.54, 1.807) is 11.1 Å². The summed E-state index contributed by atoms with van der Waals surface area (Å²) in [5.74, 6) is 3.25. The van der Waals surface area contributed by atoms with Crippen molar-refractivity contribution in [2.24, 2.45) is 0 Å². The normalized spacial score (nSPS) is 19.6. The van der Waals surface area contributed by atoms with E-state index in [0.29, 0.717) is 35.5 Å². The lowest BCUT2D eigenvalue weighted by molar-refractivity contribution is 0.638. The third-order valence-electron chi connectivity index (χ3n) is 8.18. The van der Waals surface area contributed by atoms with Gasteiger partial charge in [-0.1, -0.05) is 103 Å². The molecule has 0 aliphatic heterocycles. The van der Waals surface area contributed by atoms with Gasteiger partial charge in [0.25, 0.3) is 0 Å². The van der Waals surface area contributed by atoms with E-state index >= 15 is 0 Å². The van der Waals surface area contributed by atoms with Crippen molar-refractivity contribution in [2.75, 3.05) is 0 Å². The molecule has 0 saturated heterocycles. The highest BCUT2D eigenvalue weighted by molar-refractivity contribution is 5.73. The third kappa shape index (κ3) is 4.27. The minimum Gasteiger partial charge on any atom is -0.0652 e. The lowest BCUT2D eigenvalue weighted by Gasteiger charge is -2.25. The second kappa shape index (κ2) is 8.94. The number of rotatable bonds is 6. The van der Waals surface area contributed by atoms with Gasteiger partial charge in [-0.15, -0.1) is 0 Å². The summed E-state index contributed by atoms with van der Waals surface area (Å²) in [6.07, 6.45) is 6.18. The summed E-state index contributed by atoms with van der Waals surface area (Å²) in [5, 5.41) is 0. The molecule has 176 valence electrons. The summed E-state index contributed by atoms with van der Waals surface area (Å²) >= 11 is 0. The summed E-state index contributed by atoms with van der Waals surface area (Å²) in [6, 6.07) is 10.0. The van der Waals surface area contributed by atoms with E-state index in [0.717, 1.165) is 0 Å². The van der Waals surface area contributed by atoms with Crippen LogP contribution in [0.4, 0.5) is 0 Å². The van der Waals surface area contributed by atoms with E-state index in [9.17, 15) is 0 Å². The summed E-state index contributed by atoms with van der Waals surface area (Å²) < 4.78 is 0. The number of fused-ring (bicyclic) bond motifs is 2. The van der Waals surface area contributed by atoms with Crippen molar-refractivity contribution in [2.45, 2.75) is 111 Å². The Labute approximate surface area is 203 Å². The summed E-state index contributed by atoms with van der Waals surface area (Å²) in [6.45, 7) is 23.4. The Balaban J connectivity index is 1.79. The van der Waals surface area contributed by atoms with Crippen molar-refractivity contribution < 1.29 is 0 Å². The van der Waals surface area contributed by atoms with E-state index in [2.05, 4.69) is 106 Å². The highest BCUT2D eigenvalue weighted by atomic mass is 14.4. The van der Waals surface area contributed by atoms with Gasteiger partial charge in [-0.2, -0.15) is 0 Å². The summed E-state index contributed by atoms with van der Waals surface area (Å²) in [5.41, 5.74) is 15.3. The van der Waals surface area contributed by atoms with E-state index in [1.165, 1.54) is 50.9 Å². The standard InChI is InChI=1S/C33H44/c1-18(2)24-13-26(20(5)6)30-11-22(9)28(32(30)15-24)17-29-23(10)12-31-27(21(7)8)14-25(19(3)4)16-33(29)31/h11-16,18-21,28-29H,17H2,1-10H3. The number of benzene rings is 2. The summed E-state index contributed by atoms with van der Waals surface area (Å²) in [4.78, 5) is 0. The van der Waals surface area contributed by atoms with Crippen molar-refractivity contribution >= 4 is 12.2 Å². The molecular weight excluding hydrogens is 396 g/mol. The number of hydrogen-bond donors (Lipinski definition) is 0. The van der Waals surface area contributed by atoms with Crippen LogP contribution in [0.3, 0.4) is 0 Å². The Bertz CT molecular complexity index is 1030. The Morgan fingerprint density at radius 1 is 0.545 bits per heavy atom. The van der Waals surface area contributed by atoms with E-state index < -0.39 is 0 Å². The van der Waals surface area contributed by atoms with Gasteiger partial charge in [-0.3, -0.25) is 0 Å². The minimum absolute atomic E-state index is 0.515. The molecule has 0 saturated carbocycles. The third-order valence-corrected chi connectivity index (χ3v) is 8.18. The maximum Gasteiger partial charge on any atom is 0.00637 e. The molecule has 0 nitrogen and oxygen atoms in total. The van der Waals surface area contributed by atoms with Crippen LogP contribution < -0.4 is 0 Å². The SMILES string of the molecule is CC1=Cc2c(C(C)C)cc(C(C)C)cc2C1CC1C(C)=Cc2c(C(C)C)cc(C(C)C)cc21. The highest BCUT2D eigenvalue weighted by Crippen LogP contribution is 2.50. The van der Waals surface area contributed by atoms with Crippen LogP contribution >= 0.6 is 0 Å². The molecule has 2 unspecified atom stereocenters. The van der Waals surface area contributed by atoms with Gasteiger partial charge >= 0.3 is 0 Å². The Morgan fingerprint density at radius 3 is 1.21 bits per heavy atom. The first-order valence-electron chi connectivity index (χ1n) is 13.2. The predicted octanol–water partition coefficient (Wildman–Crippen LogP) is 10.3. The molecule has 0 radical (unpaired) electrons. The zero-order valence-electron chi connectivity index (χ0n) is 22.6. The maximum atomic E-state index is 2.53. The van der Waals surface area contributed by atoms with Crippen LogP contribution in [0.5, 0.6) is 0 Å². The van der Waals surface area contributed by atoms with Crippen LogP contribution in [0, 0.1) is 0 Å². The van der Waals surface area contributed by atoms with Gasteiger partial charge in [0, 0.05) is 11.8 Å². The van der Waals surface area contributed by atoms with Gasteiger partial charge in [0.15, 0.2) is 0 Å². The molecule has 2 aliphatic carbocycles. The monoisotopic (exact) mass is 440 g/mol. The number of allylic oxidation sites excluding steroid dienone is 2. The fourth-order valence-corrected chi connectivity index (χ4v) is 5.99. The first-order valence-corrected chi connectivity index (χ1v) is 13.2. The lowest BCUT2D eigenvalue weighted by atomic mass is 9.79. The highest BCUT2D eigenvalue weighted by Gasteiger charge is 2.33. The predicted molar refractivity (Wildman–Crippen MR) is 147 cm³/mol. The van der Waals surface area contributed by atoms with Crippen molar-refractivity contribution in [3.8, 4) is 0 Å². The van der Waals surface area contributed by atoms with Gasteiger partial charge < -0.3 is 0 Å². The topological polar surface area (TPSA) is 0 Å². The number of hydrogen-bond acceptors (Lipinski definition) is 0. The molecule has 4 rings (SSSR count). The molecule has 0 fully saturated rings. The van der Waals surface area contributed by atoms with Gasteiger partial charge in [-0.25, -0.2) is 0 Å². The first kappa shape index (κ1) is 24.1. The van der Waals surface area contributed by atoms with Crippen LogP contribution in [0.2, 0.25) is 0 Å². The fraction of sp³-hybridized carbons (Fsp3) is 0.515. The first-order chi connectivity index (χ1) is 15.5. The zero-order valence-corrected chi connectivity index (χ0v) is 22.6. The molecule has 33 heavy (non-hydrogen) atoms. The van der Waals surface area contributed by atoms with Crippen molar-refractivity contribution in [1.82, 2.24) is 0 Å². The van der Waals surface area contributed by atoms with Crippen molar-refractivity contribution in [3.63, 3.8) is 0 Å². The second-order valence-electron chi connectivity index (χ2n) is 12.0.